The van der Waals surface area contributed by atoms with Gasteiger partial charge in [-0.3, -0.25) is 4.90 Å². The third-order valence-corrected chi connectivity index (χ3v) is 4.67. The minimum atomic E-state index is 0.671. The van der Waals surface area contributed by atoms with Crippen molar-refractivity contribution >= 4 is 28.7 Å². The normalized spacial score (nSPS) is 15.6. The summed E-state index contributed by atoms with van der Waals surface area (Å²) >= 11 is 5.88. The number of piperazine rings is 1. The Balaban J connectivity index is 1.26. The van der Waals surface area contributed by atoms with E-state index in [9.17, 15) is 0 Å². The fourth-order valence-electron chi connectivity index (χ4n) is 2.98. The largest absolute Gasteiger partial charge is 0.492 e. The molecule has 2 aromatic carbocycles. The second kappa shape index (κ2) is 7.33. The van der Waals surface area contributed by atoms with Crippen LogP contribution in [-0.4, -0.2) is 49.2 Å². The number of para-hydroxylation sites is 2. The number of fused-ring (bicyclic) bond motifs is 1. The number of ether oxygens (including phenoxy) is 1. The summed E-state index contributed by atoms with van der Waals surface area (Å²) in [5, 5.41) is 0.725. The number of hydrogen-bond donors (Lipinski definition) is 0. The average Bonchev–Trinajstić information content (AvgIpc) is 3.08. The van der Waals surface area contributed by atoms with Crippen LogP contribution in [0.25, 0.3) is 11.1 Å². The summed E-state index contributed by atoms with van der Waals surface area (Å²) in [7, 11) is 0. The molecule has 1 fully saturated rings. The number of hydrogen-bond acceptors (Lipinski definition) is 5. The molecule has 2 heterocycles. The van der Waals surface area contributed by atoms with Crippen LogP contribution in [0.5, 0.6) is 5.75 Å². The molecule has 1 aromatic heterocycles. The molecule has 130 valence electrons. The fourth-order valence-corrected chi connectivity index (χ4v) is 3.11. The van der Waals surface area contributed by atoms with E-state index in [1.807, 2.05) is 48.5 Å². The molecule has 1 aliphatic rings. The number of anilines is 1. The Bertz CT molecular complexity index is 793. The second-order valence-corrected chi connectivity index (χ2v) is 6.53. The van der Waals surface area contributed by atoms with Crippen LogP contribution in [-0.2, 0) is 0 Å². The maximum absolute atomic E-state index is 5.88. The van der Waals surface area contributed by atoms with Gasteiger partial charge in [0.1, 0.15) is 17.9 Å². The average molecular weight is 358 g/mol. The van der Waals surface area contributed by atoms with Crippen molar-refractivity contribution in [2.75, 3.05) is 44.2 Å². The number of oxazole rings is 1. The lowest BCUT2D eigenvalue weighted by atomic mass is 10.3. The second-order valence-electron chi connectivity index (χ2n) is 6.10. The molecule has 25 heavy (non-hydrogen) atoms. The minimum Gasteiger partial charge on any atom is -0.492 e. The number of aromatic nitrogens is 1. The van der Waals surface area contributed by atoms with Crippen molar-refractivity contribution in [1.82, 2.24) is 9.88 Å². The number of halogens is 1. The molecule has 0 amide bonds. The summed E-state index contributed by atoms with van der Waals surface area (Å²) in [4.78, 5) is 9.18. The quantitative estimate of drug-likeness (QED) is 0.696. The van der Waals surface area contributed by atoms with Crippen LogP contribution in [0.2, 0.25) is 5.02 Å². The van der Waals surface area contributed by atoms with Gasteiger partial charge in [0.15, 0.2) is 5.58 Å². The zero-order chi connectivity index (χ0) is 17.1. The molecule has 0 N–H and O–H groups in total. The van der Waals surface area contributed by atoms with Gasteiger partial charge in [-0.05, 0) is 36.4 Å². The van der Waals surface area contributed by atoms with Gasteiger partial charge in [0.05, 0.1) is 0 Å². The fraction of sp³-hybridized carbons (Fsp3) is 0.316. The van der Waals surface area contributed by atoms with Crippen molar-refractivity contribution in [3.05, 3.63) is 53.6 Å². The Morgan fingerprint density at radius 2 is 1.76 bits per heavy atom. The maximum atomic E-state index is 5.88. The lowest BCUT2D eigenvalue weighted by Crippen LogP contribution is -2.47. The summed E-state index contributed by atoms with van der Waals surface area (Å²) in [5.41, 5.74) is 1.76. The van der Waals surface area contributed by atoms with Crippen molar-refractivity contribution in [3.8, 4) is 5.75 Å². The van der Waals surface area contributed by atoms with E-state index in [4.69, 9.17) is 20.8 Å². The van der Waals surface area contributed by atoms with Crippen LogP contribution >= 0.6 is 11.6 Å². The smallest absolute Gasteiger partial charge is 0.298 e. The van der Waals surface area contributed by atoms with Gasteiger partial charge in [-0.2, -0.15) is 4.98 Å². The van der Waals surface area contributed by atoms with E-state index < -0.39 is 0 Å². The monoisotopic (exact) mass is 357 g/mol. The molecule has 6 heteroatoms. The van der Waals surface area contributed by atoms with Gasteiger partial charge in [-0.25, -0.2) is 0 Å². The Labute approximate surface area is 151 Å². The number of rotatable bonds is 5. The van der Waals surface area contributed by atoms with Crippen LogP contribution < -0.4 is 9.64 Å². The molecule has 0 radical (unpaired) electrons. The molecule has 0 unspecified atom stereocenters. The van der Waals surface area contributed by atoms with Crippen LogP contribution in [0.4, 0.5) is 6.01 Å². The van der Waals surface area contributed by atoms with E-state index in [0.717, 1.165) is 60.6 Å². The number of benzene rings is 2. The summed E-state index contributed by atoms with van der Waals surface area (Å²) in [6.07, 6.45) is 0. The molecule has 4 rings (SSSR count). The predicted octanol–water partition coefficient (Wildman–Crippen LogP) is 3.68. The molecule has 1 saturated heterocycles. The van der Waals surface area contributed by atoms with Gasteiger partial charge >= 0.3 is 0 Å². The summed E-state index contributed by atoms with van der Waals surface area (Å²) < 4.78 is 11.6. The van der Waals surface area contributed by atoms with Crippen LogP contribution in [0.3, 0.4) is 0 Å². The zero-order valence-electron chi connectivity index (χ0n) is 13.9. The molecule has 0 spiro atoms. The highest BCUT2D eigenvalue weighted by Gasteiger charge is 2.20. The van der Waals surface area contributed by atoms with Gasteiger partial charge in [0.25, 0.3) is 6.01 Å². The van der Waals surface area contributed by atoms with E-state index in [1.165, 1.54) is 0 Å². The van der Waals surface area contributed by atoms with Crippen LogP contribution in [0, 0.1) is 0 Å². The first-order valence-corrected chi connectivity index (χ1v) is 8.87. The van der Waals surface area contributed by atoms with E-state index in [0.29, 0.717) is 6.61 Å². The van der Waals surface area contributed by atoms with Crippen LogP contribution in [0.1, 0.15) is 0 Å². The van der Waals surface area contributed by atoms with Crippen molar-refractivity contribution in [2.45, 2.75) is 0 Å². The summed E-state index contributed by atoms with van der Waals surface area (Å²) in [5.74, 6) is 0.856. The van der Waals surface area contributed by atoms with E-state index in [2.05, 4.69) is 14.8 Å². The van der Waals surface area contributed by atoms with E-state index >= 15 is 0 Å². The standard InChI is InChI=1S/C19H20ClN3O2/c20-15-5-7-16(8-6-15)24-14-13-22-9-11-23(12-10-22)19-21-17-3-1-2-4-18(17)25-19/h1-8H,9-14H2. The molecule has 3 aromatic rings. The molecule has 0 bridgehead atoms. The summed E-state index contributed by atoms with van der Waals surface area (Å²) in [6.45, 7) is 5.35. The summed E-state index contributed by atoms with van der Waals surface area (Å²) in [6, 6.07) is 16.1. The Kier molecular flexibility index (Phi) is 4.76. The lowest BCUT2D eigenvalue weighted by Gasteiger charge is -2.33. The molecule has 0 aliphatic carbocycles. The molecular formula is C19H20ClN3O2. The van der Waals surface area contributed by atoms with E-state index in [-0.39, 0.29) is 0 Å². The van der Waals surface area contributed by atoms with Gasteiger partial charge in [-0.1, -0.05) is 23.7 Å². The lowest BCUT2D eigenvalue weighted by molar-refractivity contribution is 0.198. The molecule has 1 aliphatic heterocycles. The molecule has 5 nitrogen and oxygen atoms in total. The highest BCUT2D eigenvalue weighted by atomic mass is 35.5. The van der Waals surface area contributed by atoms with Crippen molar-refractivity contribution in [2.24, 2.45) is 0 Å². The SMILES string of the molecule is Clc1ccc(OCCN2CCN(c3nc4ccccc4o3)CC2)cc1. The topological polar surface area (TPSA) is 41.7 Å². The Morgan fingerprint density at radius 3 is 2.52 bits per heavy atom. The van der Waals surface area contributed by atoms with E-state index in [1.54, 1.807) is 0 Å². The highest BCUT2D eigenvalue weighted by Crippen LogP contribution is 2.22. The third-order valence-electron chi connectivity index (χ3n) is 4.42. The molecular weight excluding hydrogens is 338 g/mol. The first kappa shape index (κ1) is 16.2. The first-order valence-electron chi connectivity index (χ1n) is 8.49. The Hall–Kier alpha value is -2.24. The van der Waals surface area contributed by atoms with Gasteiger partial charge in [0, 0.05) is 37.7 Å². The van der Waals surface area contributed by atoms with Gasteiger partial charge in [-0.15, -0.1) is 0 Å². The highest BCUT2D eigenvalue weighted by molar-refractivity contribution is 6.30. The first-order chi connectivity index (χ1) is 12.3. The predicted molar refractivity (Wildman–Crippen MR) is 99.6 cm³/mol. The zero-order valence-corrected chi connectivity index (χ0v) is 14.7. The van der Waals surface area contributed by atoms with Crippen molar-refractivity contribution < 1.29 is 9.15 Å². The third kappa shape index (κ3) is 3.89. The van der Waals surface area contributed by atoms with Crippen LogP contribution in [0.15, 0.2) is 52.9 Å². The molecule has 0 saturated carbocycles. The van der Waals surface area contributed by atoms with Crippen molar-refractivity contribution in [1.29, 1.82) is 0 Å². The Morgan fingerprint density at radius 1 is 1.00 bits per heavy atom. The minimum absolute atomic E-state index is 0.671. The van der Waals surface area contributed by atoms with Gasteiger partial charge in [0.2, 0.25) is 0 Å². The van der Waals surface area contributed by atoms with Gasteiger partial charge < -0.3 is 14.1 Å². The maximum Gasteiger partial charge on any atom is 0.298 e. The van der Waals surface area contributed by atoms with Crippen molar-refractivity contribution in [3.63, 3.8) is 0 Å². The molecule has 0 atom stereocenters. The number of nitrogens with zero attached hydrogens (tertiary/aromatic N) is 3.